The number of anilines is 2. The van der Waals surface area contributed by atoms with Crippen LogP contribution in [0.15, 0.2) is 18.2 Å². The minimum Gasteiger partial charge on any atom is -0.397 e. The van der Waals surface area contributed by atoms with Gasteiger partial charge in [0.1, 0.15) is 0 Å². The molecule has 0 fully saturated rings. The molecule has 0 saturated heterocycles. The molecule has 1 amide bonds. The number of nitrogens with one attached hydrogen (secondary N) is 1. The van der Waals surface area contributed by atoms with Crippen LogP contribution in [0.2, 0.25) is 5.02 Å². The predicted molar refractivity (Wildman–Crippen MR) is 86.0 cm³/mol. The Morgan fingerprint density at radius 2 is 2.05 bits per heavy atom. The number of nitrogen functional groups attached to an aromatic ring is 1. The van der Waals surface area contributed by atoms with E-state index in [1.54, 1.807) is 18.2 Å². The van der Waals surface area contributed by atoms with Gasteiger partial charge in [-0.25, -0.2) is 0 Å². The highest BCUT2D eigenvalue weighted by molar-refractivity contribution is 6.31. The molecule has 3 N–H and O–H groups in total. The summed E-state index contributed by atoms with van der Waals surface area (Å²) < 4.78 is 0. The minimum atomic E-state index is -0.208. The molecule has 0 aromatic heterocycles. The second-order valence-corrected chi connectivity index (χ2v) is 5.81. The largest absolute Gasteiger partial charge is 0.397 e. The van der Waals surface area contributed by atoms with Crippen LogP contribution < -0.4 is 11.1 Å². The number of rotatable bonds is 6. The number of nitrogens with zero attached hydrogens (tertiary/aromatic N) is 1. The van der Waals surface area contributed by atoms with Crippen molar-refractivity contribution in [1.29, 1.82) is 0 Å². The standard InChI is InChI=1S/C15H24ClN3O/c1-5-19(9-10(2)3)11(4)15(20)18-14-8-12(16)6-7-13(14)17/h6-8,10-11H,5,9,17H2,1-4H3,(H,18,20). The molecule has 0 radical (unpaired) electrons. The van der Waals surface area contributed by atoms with E-state index in [2.05, 4.69) is 31.0 Å². The van der Waals surface area contributed by atoms with Crippen molar-refractivity contribution in [2.24, 2.45) is 5.92 Å². The molecule has 0 aliphatic carbocycles. The topological polar surface area (TPSA) is 58.4 Å². The SMILES string of the molecule is CCN(CC(C)C)C(C)C(=O)Nc1cc(Cl)ccc1N. The summed E-state index contributed by atoms with van der Waals surface area (Å²) in [7, 11) is 0. The first kappa shape index (κ1) is 16.8. The monoisotopic (exact) mass is 297 g/mol. The van der Waals surface area contributed by atoms with Gasteiger partial charge in [-0.1, -0.05) is 32.4 Å². The van der Waals surface area contributed by atoms with Gasteiger partial charge in [-0.3, -0.25) is 9.69 Å². The maximum absolute atomic E-state index is 12.3. The number of likely N-dealkylation sites (N-methyl/N-ethyl adjacent to an activating group) is 1. The minimum absolute atomic E-state index is 0.0681. The summed E-state index contributed by atoms with van der Waals surface area (Å²) in [5.74, 6) is 0.447. The molecule has 0 bridgehead atoms. The van der Waals surface area contributed by atoms with Gasteiger partial charge in [0.2, 0.25) is 5.91 Å². The fourth-order valence-electron chi connectivity index (χ4n) is 2.07. The first-order valence-corrected chi connectivity index (χ1v) is 7.32. The number of amides is 1. The van der Waals surface area contributed by atoms with Crippen LogP contribution in [-0.2, 0) is 4.79 Å². The van der Waals surface area contributed by atoms with E-state index in [0.717, 1.165) is 13.1 Å². The van der Waals surface area contributed by atoms with E-state index in [-0.39, 0.29) is 11.9 Å². The molecular formula is C15H24ClN3O. The Hall–Kier alpha value is -1.26. The summed E-state index contributed by atoms with van der Waals surface area (Å²) in [6.07, 6.45) is 0. The number of halogens is 1. The number of carbonyl (C=O) groups is 1. The lowest BCUT2D eigenvalue weighted by molar-refractivity contribution is -0.120. The van der Waals surface area contributed by atoms with Gasteiger partial charge in [0.25, 0.3) is 0 Å². The summed E-state index contributed by atoms with van der Waals surface area (Å²) >= 11 is 5.92. The summed E-state index contributed by atoms with van der Waals surface area (Å²) in [4.78, 5) is 14.4. The van der Waals surface area contributed by atoms with Crippen LogP contribution in [-0.4, -0.2) is 29.9 Å². The Morgan fingerprint density at radius 3 is 2.60 bits per heavy atom. The maximum atomic E-state index is 12.3. The molecule has 1 aromatic rings. The van der Waals surface area contributed by atoms with Crippen LogP contribution in [0.5, 0.6) is 0 Å². The smallest absolute Gasteiger partial charge is 0.241 e. The van der Waals surface area contributed by atoms with E-state index in [9.17, 15) is 4.79 Å². The lowest BCUT2D eigenvalue weighted by Gasteiger charge is -2.28. The van der Waals surface area contributed by atoms with Crippen LogP contribution in [0.3, 0.4) is 0 Å². The molecule has 1 atom stereocenters. The van der Waals surface area contributed by atoms with Gasteiger partial charge in [-0.05, 0) is 37.6 Å². The van der Waals surface area contributed by atoms with E-state index < -0.39 is 0 Å². The molecule has 112 valence electrons. The average Bonchev–Trinajstić information content (AvgIpc) is 2.39. The molecule has 1 rings (SSSR count). The molecule has 0 aliphatic heterocycles. The Bertz CT molecular complexity index is 462. The van der Waals surface area contributed by atoms with Gasteiger partial charge in [-0.15, -0.1) is 0 Å². The van der Waals surface area contributed by atoms with Crippen molar-refractivity contribution in [2.45, 2.75) is 33.7 Å². The zero-order chi connectivity index (χ0) is 15.3. The van der Waals surface area contributed by atoms with E-state index >= 15 is 0 Å². The first-order valence-electron chi connectivity index (χ1n) is 6.95. The van der Waals surface area contributed by atoms with E-state index in [1.165, 1.54) is 0 Å². The van der Waals surface area contributed by atoms with Crippen LogP contribution in [0.25, 0.3) is 0 Å². The second-order valence-electron chi connectivity index (χ2n) is 5.38. The first-order chi connectivity index (χ1) is 9.35. The number of nitrogens with two attached hydrogens (primary N) is 1. The Kier molecular flexibility index (Phi) is 6.30. The van der Waals surface area contributed by atoms with Crippen molar-refractivity contribution < 1.29 is 4.79 Å². The Balaban J connectivity index is 2.76. The molecule has 20 heavy (non-hydrogen) atoms. The normalized spacial score (nSPS) is 12.8. The highest BCUT2D eigenvalue weighted by atomic mass is 35.5. The van der Waals surface area contributed by atoms with Crippen molar-refractivity contribution in [3.8, 4) is 0 Å². The Morgan fingerprint density at radius 1 is 1.40 bits per heavy atom. The predicted octanol–water partition coefficient (Wildman–Crippen LogP) is 3.23. The van der Waals surface area contributed by atoms with Crippen LogP contribution in [0.1, 0.15) is 27.7 Å². The third-order valence-corrected chi connectivity index (χ3v) is 3.44. The summed E-state index contributed by atoms with van der Waals surface area (Å²) in [5.41, 5.74) is 6.92. The fourth-order valence-corrected chi connectivity index (χ4v) is 2.24. The average molecular weight is 298 g/mol. The fraction of sp³-hybridized carbons (Fsp3) is 0.533. The molecular weight excluding hydrogens is 274 g/mol. The molecule has 0 saturated carbocycles. The Labute approximate surface area is 126 Å². The van der Waals surface area contributed by atoms with E-state index in [1.807, 2.05) is 6.92 Å². The molecule has 0 aliphatic rings. The number of hydrogen-bond donors (Lipinski definition) is 2. The molecule has 1 aromatic carbocycles. The number of hydrogen-bond acceptors (Lipinski definition) is 3. The third-order valence-electron chi connectivity index (χ3n) is 3.21. The van der Waals surface area contributed by atoms with Gasteiger partial charge < -0.3 is 11.1 Å². The highest BCUT2D eigenvalue weighted by Crippen LogP contribution is 2.23. The highest BCUT2D eigenvalue weighted by Gasteiger charge is 2.21. The third kappa shape index (κ3) is 4.69. The number of carbonyl (C=O) groups excluding carboxylic acids is 1. The quantitative estimate of drug-likeness (QED) is 0.793. The molecule has 4 nitrogen and oxygen atoms in total. The van der Waals surface area contributed by atoms with Crippen molar-refractivity contribution >= 4 is 28.9 Å². The van der Waals surface area contributed by atoms with E-state index in [0.29, 0.717) is 22.3 Å². The van der Waals surface area contributed by atoms with Crippen molar-refractivity contribution in [2.75, 3.05) is 24.1 Å². The summed E-state index contributed by atoms with van der Waals surface area (Å²) in [5, 5.41) is 3.40. The van der Waals surface area contributed by atoms with Gasteiger partial charge in [0.05, 0.1) is 17.4 Å². The van der Waals surface area contributed by atoms with Gasteiger partial charge >= 0.3 is 0 Å². The van der Waals surface area contributed by atoms with Gasteiger partial charge in [0, 0.05) is 11.6 Å². The lowest BCUT2D eigenvalue weighted by atomic mass is 10.1. The van der Waals surface area contributed by atoms with Crippen molar-refractivity contribution in [3.05, 3.63) is 23.2 Å². The summed E-state index contributed by atoms with van der Waals surface area (Å²) in [6.45, 7) is 9.96. The van der Waals surface area contributed by atoms with Crippen LogP contribution in [0.4, 0.5) is 11.4 Å². The van der Waals surface area contributed by atoms with Gasteiger partial charge in [0.15, 0.2) is 0 Å². The van der Waals surface area contributed by atoms with Crippen molar-refractivity contribution in [3.63, 3.8) is 0 Å². The van der Waals surface area contributed by atoms with Crippen LogP contribution in [0, 0.1) is 5.92 Å². The van der Waals surface area contributed by atoms with Crippen LogP contribution >= 0.6 is 11.6 Å². The van der Waals surface area contributed by atoms with Crippen molar-refractivity contribution in [1.82, 2.24) is 4.90 Å². The molecule has 0 heterocycles. The molecule has 5 heteroatoms. The van der Waals surface area contributed by atoms with E-state index in [4.69, 9.17) is 17.3 Å². The van der Waals surface area contributed by atoms with Gasteiger partial charge in [-0.2, -0.15) is 0 Å². The lowest BCUT2D eigenvalue weighted by Crippen LogP contribution is -2.43. The second kappa shape index (κ2) is 7.50. The number of benzene rings is 1. The summed E-state index contributed by atoms with van der Waals surface area (Å²) in [6, 6.07) is 4.85. The zero-order valence-corrected chi connectivity index (χ0v) is 13.4. The molecule has 0 spiro atoms. The molecule has 1 unspecified atom stereocenters. The maximum Gasteiger partial charge on any atom is 0.241 e. The zero-order valence-electron chi connectivity index (χ0n) is 12.6.